The Labute approximate surface area is 143 Å². The van der Waals surface area contributed by atoms with Crippen LogP contribution in [0.15, 0.2) is 17.1 Å². The van der Waals surface area contributed by atoms with E-state index in [0.29, 0.717) is 4.57 Å². The Hall–Kier alpha value is -1.24. The van der Waals surface area contributed by atoms with Crippen LogP contribution in [0.2, 0.25) is 0 Å². The zero-order chi connectivity index (χ0) is 20.1. The van der Waals surface area contributed by atoms with Crippen molar-refractivity contribution in [3.05, 3.63) is 22.7 Å². The topological polar surface area (TPSA) is 205 Å². The van der Waals surface area contributed by atoms with Gasteiger partial charge in [0.2, 0.25) is 6.23 Å². The smallest absolute Gasteiger partial charge is 0.351 e. The van der Waals surface area contributed by atoms with Crippen molar-refractivity contribution >= 4 is 21.0 Å². The third-order valence-electron chi connectivity index (χ3n) is 3.70. The number of nitrogens with two attached hydrogens (primary N) is 1. The number of hydrogen-bond donors (Lipinski definition) is 6. The van der Waals surface area contributed by atoms with E-state index in [4.69, 9.17) is 30.0 Å². The molecular weight excluding hydrogens is 406 g/mol. The average molecular weight is 421 g/mol. The van der Waals surface area contributed by atoms with Gasteiger partial charge >= 0.3 is 26.8 Å². The number of anilines is 1. The number of nitrogens with zero attached hydrogens (tertiary/aromatic N) is 2. The lowest BCUT2D eigenvalue weighted by atomic mass is 10.1. The van der Waals surface area contributed by atoms with Crippen LogP contribution in [-0.2, 0) is 13.9 Å². The van der Waals surface area contributed by atoms with Crippen LogP contribution in [0.3, 0.4) is 0 Å². The van der Waals surface area contributed by atoms with E-state index in [1.54, 1.807) is 0 Å². The zero-order valence-electron chi connectivity index (χ0n) is 12.7. The van der Waals surface area contributed by atoms with Crippen LogP contribution in [0, 0.1) is 0 Å². The quantitative estimate of drug-likeness (QED) is 0.311. The Balaban J connectivity index is 2.38. The fraction of sp³-hybridized carbons (Fsp3) is 0.600. The molecule has 26 heavy (non-hydrogen) atoms. The van der Waals surface area contributed by atoms with Gasteiger partial charge in [0.05, 0.1) is 6.10 Å². The van der Waals surface area contributed by atoms with Crippen LogP contribution in [-0.4, -0.2) is 57.8 Å². The van der Waals surface area contributed by atoms with Crippen molar-refractivity contribution in [3.63, 3.8) is 0 Å². The standard InChI is InChI=1S/C10H15F2N3O9P2/c11-10(12)7(16)4(3-6(25(18,19)20)26(21,22)23)24-8(10)15-2-1-5(13)14-9(15)17/h1-2,4,6-8,16H,3H2,(H2,13,14,17)(H2,18,19,20)(H2,21,22,23)/t4-,7?,8-/m1/s1. The summed E-state index contributed by atoms with van der Waals surface area (Å²) in [6.45, 7) is 0. The molecule has 12 nitrogen and oxygen atoms in total. The predicted octanol–water partition coefficient (Wildman–Crippen LogP) is -1.21. The molecule has 0 aromatic carbocycles. The highest BCUT2D eigenvalue weighted by atomic mass is 31.2. The summed E-state index contributed by atoms with van der Waals surface area (Å²) in [4.78, 5) is 51.2. The summed E-state index contributed by atoms with van der Waals surface area (Å²) < 4.78 is 56.2. The number of aliphatic hydroxyl groups excluding tert-OH is 1. The zero-order valence-corrected chi connectivity index (χ0v) is 14.5. The van der Waals surface area contributed by atoms with Crippen LogP contribution < -0.4 is 11.4 Å². The normalized spacial score (nSPS) is 26.4. The van der Waals surface area contributed by atoms with Crippen molar-refractivity contribution in [2.45, 2.75) is 36.2 Å². The second-order valence-electron chi connectivity index (χ2n) is 5.58. The second kappa shape index (κ2) is 6.73. The van der Waals surface area contributed by atoms with E-state index >= 15 is 0 Å². The summed E-state index contributed by atoms with van der Waals surface area (Å²) in [6.07, 6.45) is -7.67. The van der Waals surface area contributed by atoms with Gasteiger partial charge in [-0.3, -0.25) is 13.7 Å². The number of aromatic nitrogens is 2. The average Bonchev–Trinajstić information content (AvgIpc) is 2.66. The summed E-state index contributed by atoms with van der Waals surface area (Å²) >= 11 is 0. The first-order chi connectivity index (χ1) is 11.7. The molecular formula is C10H15F2N3O9P2. The van der Waals surface area contributed by atoms with Gasteiger partial charge in [0.15, 0.2) is 5.40 Å². The van der Waals surface area contributed by atoms with Gasteiger partial charge in [0.25, 0.3) is 0 Å². The van der Waals surface area contributed by atoms with Crippen molar-refractivity contribution in [2.75, 3.05) is 5.73 Å². The maximum atomic E-state index is 14.3. The lowest BCUT2D eigenvalue weighted by Gasteiger charge is -2.23. The highest BCUT2D eigenvalue weighted by Crippen LogP contribution is 2.62. The van der Waals surface area contributed by atoms with Gasteiger partial charge in [-0.05, 0) is 6.07 Å². The van der Waals surface area contributed by atoms with Crippen LogP contribution in [0.1, 0.15) is 12.6 Å². The molecule has 0 radical (unpaired) electrons. The molecule has 2 heterocycles. The molecule has 7 N–H and O–H groups in total. The summed E-state index contributed by atoms with van der Waals surface area (Å²) in [5.74, 6) is -4.39. The lowest BCUT2D eigenvalue weighted by Crippen LogP contribution is -2.41. The van der Waals surface area contributed by atoms with Crippen LogP contribution in [0.25, 0.3) is 0 Å². The Kier molecular flexibility index (Phi) is 5.45. The van der Waals surface area contributed by atoms with Crippen molar-refractivity contribution in [2.24, 2.45) is 0 Å². The minimum Gasteiger partial charge on any atom is -0.384 e. The van der Waals surface area contributed by atoms with Gasteiger partial charge < -0.3 is 35.2 Å². The van der Waals surface area contributed by atoms with Gasteiger partial charge in [-0.2, -0.15) is 13.8 Å². The molecule has 1 unspecified atom stereocenters. The molecule has 2 rings (SSSR count). The molecule has 1 aliphatic rings. The number of rotatable bonds is 5. The largest absolute Gasteiger partial charge is 0.384 e. The van der Waals surface area contributed by atoms with Crippen molar-refractivity contribution < 1.29 is 47.3 Å². The molecule has 1 aromatic heterocycles. The molecule has 0 amide bonds. The lowest BCUT2D eigenvalue weighted by molar-refractivity contribution is -0.140. The predicted molar refractivity (Wildman–Crippen MR) is 80.3 cm³/mol. The van der Waals surface area contributed by atoms with Crippen molar-refractivity contribution in [1.29, 1.82) is 0 Å². The van der Waals surface area contributed by atoms with Crippen LogP contribution >= 0.6 is 15.2 Å². The summed E-state index contributed by atoms with van der Waals surface area (Å²) in [5.41, 5.74) is 3.99. The van der Waals surface area contributed by atoms with Gasteiger partial charge in [-0.1, -0.05) is 0 Å². The fourth-order valence-corrected chi connectivity index (χ4v) is 4.98. The Bertz CT molecular complexity index is 815. The molecule has 0 aliphatic carbocycles. The number of nitrogen functional groups attached to an aromatic ring is 1. The van der Waals surface area contributed by atoms with Gasteiger partial charge in [-0.15, -0.1) is 0 Å². The number of halogens is 2. The molecule has 0 saturated carbocycles. The van der Waals surface area contributed by atoms with E-state index < -0.39 is 57.1 Å². The van der Waals surface area contributed by atoms with Crippen molar-refractivity contribution in [3.8, 4) is 0 Å². The number of ether oxygens (including phenoxy) is 1. The number of hydrogen-bond acceptors (Lipinski definition) is 7. The minimum absolute atomic E-state index is 0.271. The van der Waals surface area contributed by atoms with E-state index in [-0.39, 0.29) is 5.82 Å². The van der Waals surface area contributed by atoms with E-state index in [9.17, 15) is 27.8 Å². The minimum atomic E-state index is -5.42. The van der Waals surface area contributed by atoms with Crippen LogP contribution in [0.4, 0.5) is 14.6 Å². The molecule has 1 fully saturated rings. The summed E-state index contributed by atoms with van der Waals surface area (Å²) in [6, 6.07) is 0.995. The third kappa shape index (κ3) is 4.02. The first kappa shape index (κ1) is 21.1. The molecule has 1 aromatic rings. The summed E-state index contributed by atoms with van der Waals surface area (Å²) in [7, 11) is -10.8. The number of alkyl halides is 2. The first-order valence-corrected chi connectivity index (χ1v) is 10.2. The van der Waals surface area contributed by atoms with E-state index in [1.807, 2.05) is 0 Å². The third-order valence-corrected chi connectivity index (χ3v) is 7.48. The molecule has 0 spiro atoms. The Morgan fingerprint density at radius 1 is 1.31 bits per heavy atom. The molecule has 1 aliphatic heterocycles. The Morgan fingerprint density at radius 3 is 2.31 bits per heavy atom. The molecule has 148 valence electrons. The van der Waals surface area contributed by atoms with Gasteiger partial charge in [0, 0.05) is 12.6 Å². The molecule has 16 heteroatoms. The molecule has 0 bridgehead atoms. The van der Waals surface area contributed by atoms with E-state index in [1.165, 1.54) is 0 Å². The maximum absolute atomic E-state index is 14.3. The molecule has 1 saturated heterocycles. The first-order valence-electron chi connectivity index (χ1n) is 6.82. The number of aliphatic hydroxyl groups is 1. The van der Waals surface area contributed by atoms with E-state index in [0.717, 1.165) is 12.3 Å². The van der Waals surface area contributed by atoms with Crippen molar-refractivity contribution in [1.82, 2.24) is 9.55 Å². The monoisotopic (exact) mass is 421 g/mol. The van der Waals surface area contributed by atoms with Gasteiger partial charge in [0.1, 0.15) is 11.9 Å². The van der Waals surface area contributed by atoms with Crippen LogP contribution in [0.5, 0.6) is 0 Å². The maximum Gasteiger partial charge on any atom is 0.351 e. The fourth-order valence-electron chi connectivity index (χ4n) is 2.44. The van der Waals surface area contributed by atoms with E-state index in [2.05, 4.69) is 4.98 Å². The molecule has 3 atom stereocenters. The highest BCUT2D eigenvalue weighted by Gasteiger charge is 2.61. The second-order valence-corrected chi connectivity index (χ2v) is 9.59. The Morgan fingerprint density at radius 2 is 1.85 bits per heavy atom. The van der Waals surface area contributed by atoms with Gasteiger partial charge in [-0.25, -0.2) is 4.79 Å². The highest BCUT2D eigenvalue weighted by molar-refractivity contribution is 7.70. The SMILES string of the molecule is Nc1ccn([C@@H]2O[C@H](CC(P(=O)(O)O)P(=O)(O)O)C(O)C2(F)F)c(=O)n1. The summed E-state index contributed by atoms with van der Waals surface area (Å²) in [5, 5.41) is 7.07.